The number of rotatable bonds is 6. The maximum Gasteiger partial charge on any atom is 0.250 e. The van der Waals surface area contributed by atoms with Crippen molar-refractivity contribution in [2.24, 2.45) is 10.7 Å². The van der Waals surface area contributed by atoms with Crippen LogP contribution in [0.2, 0.25) is 0 Å². The number of anilines is 1. The molecule has 0 bridgehead atoms. The van der Waals surface area contributed by atoms with Gasteiger partial charge >= 0.3 is 0 Å². The summed E-state index contributed by atoms with van der Waals surface area (Å²) in [5.41, 5.74) is 9.62. The highest BCUT2D eigenvalue weighted by Crippen LogP contribution is 2.27. The van der Waals surface area contributed by atoms with Gasteiger partial charge in [-0.3, -0.25) is 4.99 Å². The number of nitrogens with zero attached hydrogens (tertiary/aromatic N) is 1. The van der Waals surface area contributed by atoms with Gasteiger partial charge in [0, 0.05) is 12.2 Å². The van der Waals surface area contributed by atoms with Gasteiger partial charge in [0.2, 0.25) is 10.0 Å². The molecular formula is C17H23IN4O2S2. The van der Waals surface area contributed by atoms with E-state index in [0.29, 0.717) is 10.2 Å². The molecule has 142 valence electrons. The molecule has 26 heavy (non-hydrogen) atoms. The van der Waals surface area contributed by atoms with Crippen molar-refractivity contribution in [3.05, 3.63) is 46.8 Å². The average molecular weight is 506 g/mol. The fraction of sp³-hybridized carbons (Fsp3) is 0.353. The fourth-order valence-electron chi connectivity index (χ4n) is 2.92. The zero-order valence-electron chi connectivity index (χ0n) is 14.3. The number of guanidine groups is 1. The smallest absolute Gasteiger partial charge is 0.250 e. The SMILES string of the molecule is I.NC(=NCCNS(=O)(=O)c1cccs1)Nc1cccc2c1CCCC2. The Morgan fingerprint density at radius 3 is 2.77 bits per heavy atom. The van der Waals surface area contributed by atoms with Crippen LogP contribution in [0.15, 0.2) is 44.9 Å². The molecule has 0 atom stereocenters. The minimum absolute atomic E-state index is 0. The van der Waals surface area contributed by atoms with Gasteiger partial charge in [0.15, 0.2) is 5.96 Å². The molecule has 0 amide bonds. The van der Waals surface area contributed by atoms with Gasteiger partial charge in [0.1, 0.15) is 4.21 Å². The van der Waals surface area contributed by atoms with Gasteiger partial charge in [-0.05, 0) is 54.3 Å². The topological polar surface area (TPSA) is 96.6 Å². The minimum atomic E-state index is -3.45. The van der Waals surface area contributed by atoms with E-state index in [4.69, 9.17) is 5.73 Å². The molecule has 0 saturated carbocycles. The Labute approximate surface area is 175 Å². The molecule has 9 heteroatoms. The zero-order valence-corrected chi connectivity index (χ0v) is 18.2. The molecule has 0 aliphatic heterocycles. The van der Waals surface area contributed by atoms with E-state index in [1.54, 1.807) is 17.5 Å². The summed E-state index contributed by atoms with van der Waals surface area (Å²) < 4.78 is 26.8. The molecule has 3 rings (SSSR count). The third kappa shape index (κ3) is 5.41. The standard InChI is InChI=1S/C17H22N4O2S2.HI/c18-17(19-10-11-20-25(22,23)16-9-4-12-24-16)21-15-8-3-6-13-5-1-2-7-14(13)15;/h3-4,6,8-9,12,20H,1-2,5,7,10-11H2,(H3,18,19,21);1H. The van der Waals surface area contributed by atoms with Crippen molar-refractivity contribution >= 4 is 57.0 Å². The van der Waals surface area contributed by atoms with Gasteiger partial charge < -0.3 is 11.1 Å². The van der Waals surface area contributed by atoms with Gasteiger partial charge in [0.25, 0.3) is 0 Å². The van der Waals surface area contributed by atoms with Crippen LogP contribution >= 0.6 is 35.3 Å². The van der Waals surface area contributed by atoms with Crippen molar-refractivity contribution in [1.82, 2.24) is 4.72 Å². The first-order valence-electron chi connectivity index (χ1n) is 8.27. The monoisotopic (exact) mass is 506 g/mol. The molecule has 2 aromatic rings. The Hall–Kier alpha value is -1.17. The van der Waals surface area contributed by atoms with E-state index in [1.165, 1.54) is 35.3 Å². The number of thiophene rings is 1. The van der Waals surface area contributed by atoms with Crippen LogP contribution in [0.3, 0.4) is 0 Å². The largest absolute Gasteiger partial charge is 0.370 e. The highest BCUT2D eigenvalue weighted by atomic mass is 127. The zero-order chi connectivity index (χ0) is 17.7. The quantitative estimate of drug-likeness (QED) is 0.243. The number of nitrogens with one attached hydrogen (secondary N) is 2. The predicted molar refractivity (Wildman–Crippen MR) is 118 cm³/mol. The third-order valence-corrected chi connectivity index (χ3v) is 6.96. The summed E-state index contributed by atoms with van der Waals surface area (Å²) in [6.45, 7) is 0.480. The normalized spacial score (nSPS) is 14.4. The summed E-state index contributed by atoms with van der Waals surface area (Å²) in [5.74, 6) is 0.300. The van der Waals surface area contributed by atoms with E-state index >= 15 is 0 Å². The number of nitrogens with two attached hydrogens (primary N) is 1. The predicted octanol–water partition coefficient (Wildman–Crippen LogP) is 2.95. The van der Waals surface area contributed by atoms with Gasteiger partial charge in [-0.1, -0.05) is 18.2 Å². The number of aliphatic imine (C=N–C) groups is 1. The van der Waals surface area contributed by atoms with Crippen molar-refractivity contribution < 1.29 is 8.42 Å². The second-order valence-corrected chi connectivity index (χ2v) is 8.81. The number of hydrogen-bond acceptors (Lipinski definition) is 4. The molecule has 0 fully saturated rings. The number of fused-ring (bicyclic) bond motifs is 1. The molecule has 0 spiro atoms. The van der Waals surface area contributed by atoms with E-state index in [-0.39, 0.29) is 37.1 Å². The Morgan fingerprint density at radius 2 is 2.00 bits per heavy atom. The third-order valence-electron chi connectivity index (χ3n) is 4.10. The van der Waals surface area contributed by atoms with E-state index < -0.39 is 10.0 Å². The number of aryl methyl sites for hydroxylation is 1. The van der Waals surface area contributed by atoms with Crippen LogP contribution in [0, 0.1) is 0 Å². The average Bonchev–Trinajstić information content (AvgIpc) is 3.15. The highest BCUT2D eigenvalue weighted by Gasteiger charge is 2.14. The number of sulfonamides is 1. The maximum absolute atomic E-state index is 12.0. The summed E-state index contributed by atoms with van der Waals surface area (Å²) >= 11 is 1.19. The lowest BCUT2D eigenvalue weighted by Gasteiger charge is -2.19. The Morgan fingerprint density at radius 1 is 1.19 bits per heavy atom. The Kier molecular flexibility index (Phi) is 7.86. The Balaban J connectivity index is 0.00000243. The van der Waals surface area contributed by atoms with Crippen molar-refractivity contribution in [3.63, 3.8) is 0 Å². The van der Waals surface area contributed by atoms with Crippen molar-refractivity contribution in [2.75, 3.05) is 18.4 Å². The summed E-state index contributed by atoms with van der Waals surface area (Å²) in [6.07, 6.45) is 4.57. The maximum atomic E-state index is 12.0. The molecule has 0 saturated heterocycles. The Bertz CT molecular complexity index is 852. The molecule has 6 nitrogen and oxygen atoms in total. The molecule has 1 aliphatic rings. The molecule has 1 aromatic heterocycles. The van der Waals surface area contributed by atoms with Gasteiger partial charge in [0.05, 0.1) is 6.54 Å². The van der Waals surface area contributed by atoms with Gasteiger partial charge in [-0.15, -0.1) is 35.3 Å². The van der Waals surface area contributed by atoms with E-state index in [9.17, 15) is 8.42 Å². The molecule has 1 heterocycles. The molecule has 1 aliphatic carbocycles. The summed E-state index contributed by atoms with van der Waals surface area (Å²) in [5, 5.41) is 4.88. The molecule has 0 radical (unpaired) electrons. The van der Waals surface area contributed by atoms with Gasteiger partial charge in [-0.25, -0.2) is 13.1 Å². The molecule has 4 N–H and O–H groups in total. The van der Waals surface area contributed by atoms with Crippen LogP contribution in [-0.2, 0) is 22.9 Å². The lowest BCUT2D eigenvalue weighted by Crippen LogP contribution is -2.28. The number of halogens is 1. The lowest BCUT2D eigenvalue weighted by atomic mass is 9.90. The van der Waals surface area contributed by atoms with Crippen LogP contribution in [0.4, 0.5) is 5.69 Å². The first kappa shape index (κ1) is 21.1. The summed E-state index contributed by atoms with van der Waals surface area (Å²) in [6, 6.07) is 9.47. The number of hydrogen-bond donors (Lipinski definition) is 3. The second kappa shape index (κ2) is 9.67. The van der Waals surface area contributed by atoms with Crippen molar-refractivity contribution in [2.45, 2.75) is 29.9 Å². The van der Waals surface area contributed by atoms with Crippen molar-refractivity contribution in [1.29, 1.82) is 0 Å². The van der Waals surface area contributed by atoms with Crippen LogP contribution in [-0.4, -0.2) is 27.5 Å². The first-order valence-corrected chi connectivity index (χ1v) is 10.6. The molecular weight excluding hydrogens is 483 g/mol. The second-order valence-electron chi connectivity index (χ2n) is 5.87. The van der Waals surface area contributed by atoms with Crippen molar-refractivity contribution in [3.8, 4) is 0 Å². The number of benzene rings is 1. The summed E-state index contributed by atoms with van der Waals surface area (Å²) in [4.78, 5) is 4.21. The van der Waals surface area contributed by atoms with Crippen LogP contribution in [0.5, 0.6) is 0 Å². The lowest BCUT2D eigenvalue weighted by molar-refractivity contribution is 0.584. The highest BCUT2D eigenvalue weighted by molar-refractivity contribution is 14.0. The van der Waals surface area contributed by atoms with Crippen LogP contribution in [0.25, 0.3) is 0 Å². The summed E-state index contributed by atoms with van der Waals surface area (Å²) in [7, 11) is -3.45. The van der Waals surface area contributed by atoms with E-state index in [2.05, 4.69) is 21.1 Å². The minimum Gasteiger partial charge on any atom is -0.370 e. The molecule has 0 unspecified atom stereocenters. The first-order chi connectivity index (χ1) is 12.1. The molecule has 1 aromatic carbocycles. The van der Waals surface area contributed by atoms with Gasteiger partial charge in [-0.2, -0.15) is 0 Å². The fourth-order valence-corrected chi connectivity index (χ4v) is 4.98. The van der Waals surface area contributed by atoms with Crippen LogP contribution < -0.4 is 15.8 Å². The van der Waals surface area contributed by atoms with E-state index in [1.807, 2.05) is 12.1 Å². The van der Waals surface area contributed by atoms with E-state index in [0.717, 1.165) is 18.5 Å². The van der Waals surface area contributed by atoms with Crippen LogP contribution in [0.1, 0.15) is 24.0 Å².